The van der Waals surface area contributed by atoms with E-state index in [0.717, 1.165) is 16.8 Å². The van der Waals surface area contributed by atoms with Gasteiger partial charge in [0.25, 0.3) is 5.91 Å². The number of nitrogens with one attached hydrogen (secondary N) is 1. The zero-order valence-corrected chi connectivity index (χ0v) is 11.4. The van der Waals surface area contributed by atoms with Gasteiger partial charge in [-0.15, -0.1) is 11.3 Å². The maximum Gasteiger partial charge on any atom is 0.267 e. The van der Waals surface area contributed by atoms with E-state index in [1.165, 1.54) is 11.3 Å². The van der Waals surface area contributed by atoms with Crippen LogP contribution in [-0.4, -0.2) is 12.5 Å². The molecule has 2 rings (SSSR count). The minimum Gasteiger partial charge on any atom is -0.321 e. The number of carbonyl (C=O) groups is 1. The summed E-state index contributed by atoms with van der Waals surface area (Å²) in [6, 6.07) is 9.52. The van der Waals surface area contributed by atoms with Crippen LogP contribution in [0.25, 0.3) is 0 Å². The Kier molecular flexibility index (Phi) is 4.35. The molecular weight excluding hydrogens is 256 g/mol. The monoisotopic (exact) mass is 270 g/mol. The maximum atomic E-state index is 12.2. The fourth-order valence-electron chi connectivity index (χ4n) is 1.64. The molecule has 0 bridgehead atoms. The SMILES string of the molecule is Cc1cccc(NC(=O)c2sccc2C#CCN)c1. The molecule has 0 unspecified atom stereocenters. The standard InChI is InChI=1S/C15H14N2OS/c1-11-4-2-6-13(10-11)17-15(18)14-12(5-3-8-16)7-9-19-14/h2,4,6-7,9-10H,8,16H2,1H3,(H,17,18). The first kappa shape index (κ1) is 13.3. The van der Waals surface area contributed by atoms with Crippen molar-refractivity contribution >= 4 is 22.9 Å². The van der Waals surface area contributed by atoms with Gasteiger partial charge in [-0.3, -0.25) is 4.79 Å². The second-order valence-corrected chi connectivity index (χ2v) is 4.91. The van der Waals surface area contributed by atoms with Gasteiger partial charge in [-0.05, 0) is 36.1 Å². The fourth-order valence-corrected chi connectivity index (χ4v) is 2.38. The molecule has 0 fully saturated rings. The highest BCUT2D eigenvalue weighted by molar-refractivity contribution is 7.12. The van der Waals surface area contributed by atoms with Crippen molar-refractivity contribution in [2.75, 3.05) is 11.9 Å². The zero-order valence-electron chi connectivity index (χ0n) is 10.6. The van der Waals surface area contributed by atoms with Gasteiger partial charge in [-0.1, -0.05) is 24.0 Å². The molecule has 4 heteroatoms. The number of nitrogens with two attached hydrogens (primary N) is 1. The molecule has 3 nitrogen and oxygen atoms in total. The number of thiophene rings is 1. The molecule has 0 radical (unpaired) electrons. The molecule has 0 aliphatic heterocycles. The van der Waals surface area contributed by atoms with Gasteiger partial charge in [0.2, 0.25) is 0 Å². The first-order chi connectivity index (χ1) is 9.20. The summed E-state index contributed by atoms with van der Waals surface area (Å²) in [6.07, 6.45) is 0. The largest absolute Gasteiger partial charge is 0.321 e. The molecule has 0 saturated heterocycles. The van der Waals surface area contributed by atoms with Crippen LogP contribution in [0.2, 0.25) is 0 Å². The van der Waals surface area contributed by atoms with Crippen molar-refractivity contribution in [3.05, 3.63) is 51.7 Å². The summed E-state index contributed by atoms with van der Waals surface area (Å²) in [5, 5.41) is 4.73. The van der Waals surface area contributed by atoms with Crippen LogP contribution in [-0.2, 0) is 0 Å². The predicted octanol–water partition coefficient (Wildman–Crippen LogP) is 2.62. The minimum atomic E-state index is -0.137. The Balaban J connectivity index is 2.19. The second kappa shape index (κ2) is 6.19. The van der Waals surface area contributed by atoms with E-state index in [2.05, 4.69) is 17.2 Å². The van der Waals surface area contributed by atoms with Crippen molar-refractivity contribution < 1.29 is 4.79 Å². The Morgan fingerprint density at radius 1 is 1.42 bits per heavy atom. The van der Waals surface area contributed by atoms with E-state index in [-0.39, 0.29) is 12.5 Å². The van der Waals surface area contributed by atoms with Crippen LogP contribution in [0.1, 0.15) is 20.8 Å². The van der Waals surface area contributed by atoms with E-state index in [9.17, 15) is 4.79 Å². The molecule has 3 N–H and O–H groups in total. The van der Waals surface area contributed by atoms with E-state index in [4.69, 9.17) is 5.73 Å². The van der Waals surface area contributed by atoms with Crippen LogP contribution >= 0.6 is 11.3 Å². The molecule has 1 aromatic heterocycles. The highest BCUT2D eigenvalue weighted by Crippen LogP contribution is 2.18. The van der Waals surface area contributed by atoms with Crippen LogP contribution in [0.5, 0.6) is 0 Å². The number of hydrogen-bond acceptors (Lipinski definition) is 3. The maximum absolute atomic E-state index is 12.2. The van der Waals surface area contributed by atoms with E-state index in [1.807, 2.05) is 42.6 Å². The molecule has 2 aromatic rings. The average Bonchev–Trinajstić information content (AvgIpc) is 2.84. The molecule has 0 saturated carbocycles. The molecule has 1 amide bonds. The molecule has 0 aliphatic rings. The quantitative estimate of drug-likeness (QED) is 0.824. The van der Waals surface area contributed by atoms with Crippen LogP contribution in [0.4, 0.5) is 5.69 Å². The van der Waals surface area contributed by atoms with Crippen molar-refractivity contribution in [2.24, 2.45) is 5.73 Å². The van der Waals surface area contributed by atoms with Gasteiger partial charge < -0.3 is 11.1 Å². The van der Waals surface area contributed by atoms with Gasteiger partial charge in [-0.25, -0.2) is 0 Å². The number of carbonyl (C=O) groups excluding carboxylic acids is 1. The molecular formula is C15H14N2OS. The molecule has 0 spiro atoms. The van der Waals surface area contributed by atoms with Gasteiger partial charge in [0, 0.05) is 11.3 Å². The zero-order chi connectivity index (χ0) is 13.7. The molecule has 0 aliphatic carbocycles. The Bertz CT molecular complexity index is 649. The normalized spacial score (nSPS) is 9.58. The van der Waals surface area contributed by atoms with Gasteiger partial charge in [0.05, 0.1) is 6.54 Å². The fraction of sp³-hybridized carbons (Fsp3) is 0.133. The van der Waals surface area contributed by atoms with Crippen molar-refractivity contribution in [1.82, 2.24) is 0 Å². The number of aryl methyl sites for hydroxylation is 1. The van der Waals surface area contributed by atoms with Gasteiger partial charge in [-0.2, -0.15) is 0 Å². The molecule has 1 aromatic carbocycles. The van der Waals surface area contributed by atoms with E-state index < -0.39 is 0 Å². The number of amides is 1. The topological polar surface area (TPSA) is 55.1 Å². The first-order valence-electron chi connectivity index (χ1n) is 5.85. The van der Waals surface area contributed by atoms with Crippen LogP contribution in [0.3, 0.4) is 0 Å². The third-order valence-electron chi connectivity index (χ3n) is 2.47. The van der Waals surface area contributed by atoms with Crippen LogP contribution < -0.4 is 11.1 Å². The highest BCUT2D eigenvalue weighted by Gasteiger charge is 2.12. The lowest BCUT2D eigenvalue weighted by atomic mass is 10.2. The van der Waals surface area contributed by atoms with Gasteiger partial charge in [0.1, 0.15) is 4.88 Å². The van der Waals surface area contributed by atoms with E-state index in [0.29, 0.717) is 4.88 Å². The molecule has 0 atom stereocenters. The van der Waals surface area contributed by atoms with Gasteiger partial charge >= 0.3 is 0 Å². The summed E-state index contributed by atoms with van der Waals surface area (Å²) in [7, 11) is 0. The summed E-state index contributed by atoms with van der Waals surface area (Å²) in [4.78, 5) is 12.8. The van der Waals surface area contributed by atoms with Crippen molar-refractivity contribution in [2.45, 2.75) is 6.92 Å². The Labute approximate surface area is 116 Å². The van der Waals surface area contributed by atoms with Crippen molar-refractivity contribution in [3.63, 3.8) is 0 Å². The Morgan fingerprint density at radius 3 is 3.00 bits per heavy atom. The summed E-state index contributed by atoms with van der Waals surface area (Å²) < 4.78 is 0. The summed E-state index contributed by atoms with van der Waals surface area (Å²) in [5.41, 5.74) is 7.96. The lowest BCUT2D eigenvalue weighted by molar-refractivity contribution is 0.103. The molecule has 19 heavy (non-hydrogen) atoms. The smallest absolute Gasteiger partial charge is 0.267 e. The minimum absolute atomic E-state index is 0.137. The van der Waals surface area contributed by atoms with Crippen molar-refractivity contribution in [1.29, 1.82) is 0 Å². The molecule has 1 heterocycles. The molecule has 96 valence electrons. The summed E-state index contributed by atoms with van der Waals surface area (Å²) >= 11 is 1.38. The van der Waals surface area contributed by atoms with Crippen molar-refractivity contribution in [3.8, 4) is 11.8 Å². The first-order valence-corrected chi connectivity index (χ1v) is 6.73. The van der Waals surface area contributed by atoms with Crippen LogP contribution in [0, 0.1) is 18.8 Å². The number of benzene rings is 1. The Morgan fingerprint density at radius 2 is 2.26 bits per heavy atom. The predicted molar refractivity (Wildman–Crippen MR) is 79.4 cm³/mol. The third kappa shape index (κ3) is 3.44. The number of anilines is 1. The number of rotatable bonds is 2. The summed E-state index contributed by atoms with van der Waals surface area (Å²) in [6.45, 7) is 2.27. The average molecular weight is 270 g/mol. The number of hydrogen-bond donors (Lipinski definition) is 2. The lowest BCUT2D eigenvalue weighted by Gasteiger charge is -2.04. The highest BCUT2D eigenvalue weighted by atomic mass is 32.1. The van der Waals surface area contributed by atoms with Gasteiger partial charge in [0.15, 0.2) is 0 Å². The Hall–Kier alpha value is -2.09. The van der Waals surface area contributed by atoms with E-state index in [1.54, 1.807) is 0 Å². The van der Waals surface area contributed by atoms with E-state index >= 15 is 0 Å². The van der Waals surface area contributed by atoms with Crippen LogP contribution in [0.15, 0.2) is 35.7 Å². The third-order valence-corrected chi connectivity index (χ3v) is 3.39. The summed E-state index contributed by atoms with van der Waals surface area (Å²) in [5.74, 6) is 5.53. The second-order valence-electron chi connectivity index (χ2n) is 3.99. The lowest BCUT2D eigenvalue weighted by Crippen LogP contribution is -2.11.